The van der Waals surface area contributed by atoms with Crippen molar-refractivity contribution in [2.45, 2.75) is 25.4 Å². The lowest BCUT2D eigenvalue weighted by Gasteiger charge is -2.26. The van der Waals surface area contributed by atoms with Crippen LogP contribution in [0.25, 0.3) is 11.1 Å². The molecule has 4 rings (SSSR count). The molecule has 0 aromatic heterocycles. The Kier molecular flexibility index (Phi) is 4.38. The summed E-state index contributed by atoms with van der Waals surface area (Å²) in [6, 6.07) is 21.9. The summed E-state index contributed by atoms with van der Waals surface area (Å²) in [6.45, 7) is 0. The second-order valence-electron chi connectivity index (χ2n) is 6.25. The second-order valence-corrected chi connectivity index (χ2v) is 6.25. The van der Waals surface area contributed by atoms with Crippen molar-refractivity contribution in [1.82, 2.24) is 0 Å². The first kappa shape index (κ1) is 15.7. The minimum Gasteiger partial charge on any atom is -0.490 e. The quantitative estimate of drug-likeness (QED) is 0.552. The maximum absolute atomic E-state index is 14.3. The van der Waals surface area contributed by atoms with Gasteiger partial charge in [-0.15, -0.1) is 0 Å². The monoisotopic (exact) mass is 334 g/mol. The van der Waals surface area contributed by atoms with E-state index in [9.17, 15) is 4.39 Å². The molecule has 1 aliphatic carbocycles. The standard InChI is InChI=1S/C22H19FO2/c23-22-14-13-20(25-17-5-2-1-3-6-17)15-21(22)16-9-11-19(12-10-16)24-18-7-4-8-18/h1-3,5-6,9-15,18H,4,7-8H2. The molecule has 126 valence electrons. The van der Waals surface area contributed by atoms with Crippen molar-refractivity contribution in [1.29, 1.82) is 0 Å². The highest BCUT2D eigenvalue weighted by atomic mass is 19.1. The molecule has 25 heavy (non-hydrogen) atoms. The van der Waals surface area contributed by atoms with E-state index in [4.69, 9.17) is 9.47 Å². The first-order chi connectivity index (χ1) is 12.3. The van der Waals surface area contributed by atoms with Crippen LogP contribution in [0.5, 0.6) is 17.2 Å². The third-order valence-electron chi connectivity index (χ3n) is 4.44. The molecular weight excluding hydrogens is 315 g/mol. The van der Waals surface area contributed by atoms with Gasteiger partial charge in [0, 0.05) is 5.56 Å². The first-order valence-electron chi connectivity index (χ1n) is 8.57. The van der Waals surface area contributed by atoms with Crippen molar-refractivity contribution in [3.63, 3.8) is 0 Å². The summed E-state index contributed by atoms with van der Waals surface area (Å²) in [5, 5.41) is 0. The van der Waals surface area contributed by atoms with Gasteiger partial charge in [0.1, 0.15) is 23.1 Å². The number of hydrogen-bond donors (Lipinski definition) is 0. The molecule has 2 nitrogen and oxygen atoms in total. The summed E-state index contributed by atoms with van der Waals surface area (Å²) in [5.74, 6) is 1.90. The fraction of sp³-hybridized carbons (Fsp3) is 0.182. The summed E-state index contributed by atoms with van der Waals surface area (Å²) in [4.78, 5) is 0. The fourth-order valence-corrected chi connectivity index (χ4v) is 2.81. The van der Waals surface area contributed by atoms with Gasteiger partial charge in [0.05, 0.1) is 6.10 Å². The minimum absolute atomic E-state index is 0.270. The van der Waals surface area contributed by atoms with Crippen LogP contribution in [0.1, 0.15) is 19.3 Å². The van der Waals surface area contributed by atoms with E-state index in [0.29, 0.717) is 17.4 Å². The number of halogens is 1. The smallest absolute Gasteiger partial charge is 0.131 e. The van der Waals surface area contributed by atoms with E-state index in [2.05, 4.69) is 0 Å². The molecule has 0 saturated heterocycles. The van der Waals surface area contributed by atoms with Crippen molar-refractivity contribution >= 4 is 0 Å². The number of benzene rings is 3. The van der Waals surface area contributed by atoms with Crippen LogP contribution < -0.4 is 9.47 Å². The maximum atomic E-state index is 14.3. The molecule has 0 bridgehead atoms. The third-order valence-corrected chi connectivity index (χ3v) is 4.44. The largest absolute Gasteiger partial charge is 0.490 e. The van der Waals surface area contributed by atoms with E-state index in [0.717, 1.165) is 29.9 Å². The van der Waals surface area contributed by atoms with Gasteiger partial charge in [0.15, 0.2) is 0 Å². The van der Waals surface area contributed by atoms with Crippen molar-refractivity contribution in [2.75, 3.05) is 0 Å². The molecule has 1 saturated carbocycles. The molecule has 0 aliphatic heterocycles. The van der Waals surface area contributed by atoms with Crippen molar-refractivity contribution in [3.05, 3.63) is 78.6 Å². The minimum atomic E-state index is -0.270. The highest BCUT2D eigenvalue weighted by molar-refractivity contribution is 5.66. The molecule has 0 N–H and O–H groups in total. The molecule has 3 aromatic carbocycles. The van der Waals surface area contributed by atoms with Crippen LogP contribution in [0.4, 0.5) is 4.39 Å². The number of ether oxygens (including phenoxy) is 2. The average Bonchev–Trinajstić information content (AvgIpc) is 2.61. The lowest BCUT2D eigenvalue weighted by Crippen LogP contribution is -2.24. The zero-order valence-corrected chi connectivity index (χ0v) is 13.8. The van der Waals surface area contributed by atoms with Crippen LogP contribution in [-0.4, -0.2) is 6.10 Å². The Morgan fingerprint density at radius 2 is 1.48 bits per heavy atom. The van der Waals surface area contributed by atoms with Crippen LogP contribution in [-0.2, 0) is 0 Å². The van der Waals surface area contributed by atoms with Gasteiger partial charge in [-0.2, -0.15) is 0 Å². The predicted octanol–water partition coefficient (Wildman–Crippen LogP) is 6.22. The Labute approximate surface area is 146 Å². The molecule has 0 spiro atoms. The van der Waals surface area contributed by atoms with E-state index < -0.39 is 0 Å². The molecule has 0 amide bonds. The zero-order chi connectivity index (χ0) is 17.1. The summed E-state index contributed by atoms with van der Waals surface area (Å²) in [6.07, 6.45) is 3.82. The van der Waals surface area contributed by atoms with Gasteiger partial charge < -0.3 is 9.47 Å². The summed E-state index contributed by atoms with van der Waals surface area (Å²) < 4.78 is 25.9. The van der Waals surface area contributed by atoms with Crippen molar-refractivity contribution < 1.29 is 13.9 Å². The molecule has 1 fully saturated rings. The Balaban J connectivity index is 1.55. The normalized spacial score (nSPS) is 14.0. The zero-order valence-electron chi connectivity index (χ0n) is 13.8. The van der Waals surface area contributed by atoms with Crippen molar-refractivity contribution in [3.8, 4) is 28.4 Å². The number of hydrogen-bond acceptors (Lipinski definition) is 2. The molecule has 3 heteroatoms. The highest BCUT2D eigenvalue weighted by Crippen LogP contribution is 2.32. The Bertz CT molecular complexity index is 840. The van der Waals surface area contributed by atoms with Crippen LogP contribution in [0.2, 0.25) is 0 Å². The lowest BCUT2D eigenvalue weighted by atomic mass is 9.96. The van der Waals surface area contributed by atoms with Crippen LogP contribution >= 0.6 is 0 Å². The molecule has 3 aromatic rings. The summed E-state index contributed by atoms with van der Waals surface area (Å²) in [7, 11) is 0. The summed E-state index contributed by atoms with van der Waals surface area (Å²) in [5.41, 5.74) is 1.32. The van der Waals surface area contributed by atoms with Crippen LogP contribution in [0.15, 0.2) is 72.8 Å². The van der Waals surface area contributed by atoms with Gasteiger partial charge >= 0.3 is 0 Å². The summed E-state index contributed by atoms with van der Waals surface area (Å²) >= 11 is 0. The van der Waals surface area contributed by atoms with Gasteiger partial charge in [-0.3, -0.25) is 0 Å². The molecule has 0 heterocycles. The number of rotatable bonds is 5. The van der Waals surface area contributed by atoms with Gasteiger partial charge in [0.2, 0.25) is 0 Å². The molecular formula is C22H19FO2. The average molecular weight is 334 g/mol. The SMILES string of the molecule is Fc1ccc(Oc2ccccc2)cc1-c1ccc(OC2CCC2)cc1. The topological polar surface area (TPSA) is 18.5 Å². The molecule has 0 radical (unpaired) electrons. The van der Waals surface area contributed by atoms with Crippen LogP contribution in [0, 0.1) is 5.82 Å². The van der Waals surface area contributed by atoms with Gasteiger partial charge in [-0.1, -0.05) is 30.3 Å². The van der Waals surface area contributed by atoms with Crippen LogP contribution in [0.3, 0.4) is 0 Å². The molecule has 0 unspecified atom stereocenters. The first-order valence-corrected chi connectivity index (χ1v) is 8.57. The Morgan fingerprint density at radius 3 is 2.16 bits per heavy atom. The third kappa shape index (κ3) is 3.66. The molecule has 1 aliphatic rings. The van der Waals surface area contributed by atoms with E-state index in [1.165, 1.54) is 12.5 Å². The highest BCUT2D eigenvalue weighted by Gasteiger charge is 2.19. The van der Waals surface area contributed by atoms with E-state index in [1.54, 1.807) is 12.1 Å². The van der Waals surface area contributed by atoms with Gasteiger partial charge in [-0.05, 0) is 67.3 Å². The number of para-hydroxylation sites is 1. The fourth-order valence-electron chi connectivity index (χ4n) is 2.81. The Morgan fingerprint density at radius 1 is 0.760 bits per heavy atom. The van der Waals surface area contributed by atoms with Crippen molar-refractivity contribution in [2.24, 2.45) is 0 Å². The Hall–Kier alpha value is -2.81. The molecule has 0 atom stereocenters. The predicted molar refractivity (Wildman–Crippen MR) is 96.6 cm³/mol. The van der Waals surface area contributed by atoms with Gasteiger partial charge in [0.25, 0.3) is 0 Å². The van der Waals surface area contributed by atoms with E-state index in [1.807, 2.05) is 54.6 Å². The maximum Gasteiger partial charge on any atom is 0.131 e. The second kappa shape index (κ2) is 6.98. The lowest BCUT2D eigenvalue weighted by molar-refractivity contribution is 0.120. The van der Waals surface area contributed by atoms with E-state index in [-0.39, 0.29) is 5.82 Å². The van der Waals surface area contributed by atoms with E-state index >= 15 is 0 Å². The van der Waals surface area contributed by atoms with Gasteiger partial charge in [-0.25, -0.2) is 4.39 Å².